The maximum absolute atomic E-state index is 11.6. The number of carbonyl (C=O) groups is 1. The lowest BCUT2D eigenvalue weighted by molar-refractivity contribution is -0.120. The third kappa shape index (κ3) is 1.68. The lowest BCUT2D eigenvalue weighted by atomic mass is 9.68. The molecule has 1 saturated carbocycles. The van der Waals surface area contributed by atoms with Gasteiger partial charge < -0.3 is 5.32 Å². The van der Waals surface area contributed by atoms with E-state index in [0.29, 0.717) is 17.4 Å². The number of carbonyl (C=O) groups excluding carboxylic acids is 1. The average Bonchev–Trinajstić information content (AvgIpc) is 2.76. The van der Waals surface area contributed by atoms with E-state index in [-0.39, 0.29) is 11.3 Å². The molecule has 0 aromatic carbocycles. The molecule has 2 unspecified atom stereocenters. The van der Waals surface area contributed by atoms with Gasteiger partial charge in [0.15, 0.2) is 0 Å². The van der Waals surface area contributed by atoms with Crippen LogP contribution < -0.4 is 5.32 Å². The molecule has 0 aromatic rings. The van der Waals surface area contributed by atoms with E-state index in [0.717, 1.165) is 12.8 Å². The summed E-state index contributed by atoms with van der Waals surface area (Å²) in [5.74, 6) is 0.923. The molecule has 1 aliphatic heterocycles. The minimum Gasteiger partial charge on any atom is -0.353 e. The van der Waals surface area contributed by atoms with Crippen molar-refractivity contribution in [1.29, 1.82) is 0 Å². The molecule has 2 aliphatic rings. The summed E-state index contributed by atoms with van der Waals surface area (Å²) >= 11 is 0. The van der Waals surface area contributed by atoms with Gasteiger partial charge in [0.2, 0.25) is 5.91 Å². The number of amides is 1. The molecule has 1 N–H and O–H groups in total. The Labute approximate surface area is 92.8 Å². The Hall–Kier alpha value is -0.530. The van der Waals surface area contributed by atoms with Gasteiger partial charge in [-0.2, -0.15) is 0 Å². The van der Waals surface area contributed by atoms with Crippen LogP contribution in [0.25, 0.3) is 0 Å². The first kappa shape index (κ1) is 11.0. The first-order valence-corrected chi connectivity index (χ1v) is 6.17. The van der Waals surface area contributed by atoms with Crippen molar-refractivity contribution in [2.75, 3.05) is 0 Å². The first-order valence-electron chi connectivity index (χ1n) is 6.17. The van der Waals surface area contributed by atoms with Gasteiger partial charge in [-0.3, -0.25) is 4.79 Å². The summed E-state index contributed by atoms with van der Waals surface area (Å²) in [7, 11) is 0. The second-order valence-electron chi connectivity index (χ2n) is 6.40. The van der Waals surface area contributed by atoms with Crippen molar-refractivity contribution in [3.05, 3.63) is 0 Å². The highest BCUT2D eigenvalue weighted by atomic mass is 16.2. The molecule has 0 radical (unpaired) electrons. The highest BCUT2D eigenvalue weighted by Gasteiger charge is 2.59. The summed E-state index contributed by atoms with van der Waals surface area (Å²) in [4.78, 5) is 11.6. The first-order chi connectivity index (χ1) is 6.87. The minimum absolute atomic E-state index is 0.203. The van der Waals surface area contributed by atoms with Crippen LogP contribution in [-0.2, 0) is 4.79 Å². The monoisotopic (exact) mass is 209 g/mol. The van der Waals surface area contributed by atoms with Crippen LogP contribution in [0.15, 0.2) is 0 Å². The maximum Gasteiger partial charge on any atom is 0.220 e. The van der Waals surface area contributed by atoms with Crippen LogP contribution in [-0.4, -0.2) is 11.9 Å². The molecular formula is C13H23NO. The van der Waals surface area contributed by atoms with Crippen LogP contribution in [0, 0.1) is 16.7 Å². The van der Waals surface area contributed by atoms with Gasteiger partial charge >= 0.3 is 0 Å². The van der Waals surface area contributed by atoms with Crippen molar-refractivity contribution in [3.8, 4) is 0 Å². The number of nitrogens with one attached hydrogen (secondary N) is 1. The van der Waals surface area contributed by atoms with Crippen LogP contribution in [0.2, 0.25) is 0 Å². The van der Waals surface area contributed by atoms with Gasteiger partial charge in [-0.05, 0) is 30.6 Å². The van der Waals surface area contributed by atoms with Gasteiger partial charge in [0.25, 0.3) is 0 Å². The van der Waals surface area contributed by atoms with Gasteiger partial charge in [-0.1, -0.05) is 27.7 Å². The molecule has 1 heterocycles. The summed E-state index contributed by atoms with van der Waals surface area (Å²) in [5.41, 5.74) is 0.625. The molecular weight excluding hydrogens is 186 g/mol. The molecule has 0 spiro atoms. The fourth-order valence-electron chi connectivity index (χ4n) is 3.04. The maximum atomic E-state index is 11.6. The molecule has 1 amide bonds. The Bertz CT molecular complexity index is 280. The molecule has 1 aliphatic carbocycles. The van der Waals surface area contributed by atoms with E-state index in [4.69, 9.17) is 0 Å². The van der Waals surface area contributed by atoms with Gasteiger partial charge in [0, 0.05) is 17.9 Å². The van der Waals surface area contributed by atoms with Gasteiger partial charge in [0.05, 0.1) is 0 Å². The van der Waals surface area contributed by atoms with Crippen molar-refractivity contribution in [2.24, 2.45) is 16.7 Å². The highest BCUT2D eigenvalue weighted by Crippen LogP contribution is 2.63. The van der Waals surface area contributed by atoms with Gasteiger partial charge in [-0.25, -0.2) is 0 Å². The number of rotatable bonds is 3. The average molecular weight is 209 g/mol. The van der Waals surface area contributed by atoms with E-state index in [1.807, 2.05) is 0 Å². The summed E-state index contributed by atoms with van der Waals surface area (Å²) in [6.45, 7) is 9.13. The van der Waals surface area contributed by atoms with E-state index in [1.165, 1.54) is 12.8 Å². The molecule has 2 heteroatoms. The number of hydrogen-bond acceptors (Lipinski definition) is 1. The quantitative estimate of drug-likeness (QED) is 0.761. The predicted molar refractivity (Wildman–Crippen MR) is 61.5 cm³/mol. The topological polar surface area (TPSA) is 29.1 Å². The normalized spacial score (nSPS) is 38.2. The standard InChI is InChI=1S/C13H23NO/c1-9(2)7-10-13(4,8-11(15)14-10)12(3)5-6-12/h9-10H,5-8H2,1-4H3,(H,14,15). The SMILES string of the molecule is CC(C)CC1NC(=O)CC1(C)C1(C)CC1. The van der Waals surface area contributed by atoms with Gasteiger partial charge in [0.1, 0.15) is 0 Å². The summed E-state index contributed by atoms with van der Waals surface area (Å²) in [6.07, 6.45) is 4.46. The molecule has 2 fully saturated rings. The van der Waals surface area contributed by atoms with Crippen LogP contribution >= 0.6 is 0 Å². The summed E-state index contributed by atoms with van der Waals surface area (Å²) < 4.78 is 0. The molecule has 15 heavy (non-hydrogen) atoms. The van der Waals surface area contributed by atoms with Crippen molar-refractivity contribution in [2.45, 2.75) is 59.4 Å². The molecule has 2 rings (SSSR count). The molecule has 2 nitrogen and oxygen atoms in total. The molecule has 86 valence electrons. The zero-order valence-electron chi connectivity index (χ0n) is 10.4. The van der Waals surface area contributed by atoms with Crippen LogP contribution in [0.5, 0.6) is 0 Å². The molecule has 2 atom stereocenters. The highest BCUT2D eigenvalue weighted by molar-refractivity contribution is 5.80. The van der Waals surface area contributed by atoms with Crippen LogP contribution in [0.1, 0.15) is 53.4 Å². The number of hydrogen-bond donors (Lipinski definition) is 1. The van der Waals surface area contributed by atoms with E-state index >= 15 is 0 Å². The Balaban J connectivity index is 2.17. The van der Waals surface area contributed by atoms with Crippen molar-refractivity contribution in [3.63, 3.8) is 0 Å². The molecule has 0 aromatic heterocycles. The van der Waals surface area contributed by atoms with E-state index in [1.54, 1.807) is 0 Å². The van der Waals surface area contributed by atoms with Crippen molar-refractivity contribution in [1.82, 2.24) is 5.32 Å². The van der Waals surface area contributed by atoms with E-state index in [9.17, 15) is 4.79 Å². The summed E-state index contributed by atoms with van der Waals surface area (Å²) in [6, 6.07) is 0.400. The third-order valence-electron chi connectivity index (χ3n) is 4.72. The minimum atomic E-state index is 0.203. The van der Waals surface area contributed by atoms with Crippen LogP contribution in [0.4, 0.5) is 0 Å². The van der Waals surface area contributed by atoms with E-state index in [2.05, 4.69) is 33.0 Å². The fraction of sp³-hybridized carbons (Fsp3) is 0.923. The van der Waals surface area contributed by atoms with E-state index < -0.39 is 0 Å². The largest absolute Gasteiger partial charge is 0.353 e. The fourth-order valence-corrected chi connectivity index (χ4v) is 3.04. The van der Waals surface area contributed by atoms with Crippen LogP contribution in [0.3, 0.4) is 0 Å². The Kier molecular flexibility index (Phi) is 2.36. The Morgan fingerprint density at radius 2 is 2.00 bits per heavy atom. The molecule has 0 bridgehead atoms. The zero-order valence-corrected chi connectivity index (χ0v) is 10.4. The lowest BCUT2D eigenvalue weighted by Gasteiger charge is -2.37. The van der Waals surface area contributed by atoms with Crippen molar-refractivity contribution < 1.29 is 4.79 Å². The zero-order chi connectivity index (χ0) is 11.3. The third-order valence-corrected chi connectivity index (χ3v) is 4.72. The second kappa shape index (κ2) is 3.23. The molecule has 1 saturated heterocycles. The lowest BCUT2D eigenvalue weighted by Crippen LogP contribution is -2.41. The Morgan fingerprint density at radius 3 is 2.47 bits per heavy atom. The predicted octanol–water partition coefficient (Wildman–Crippen LogP) is 2.73. The van der Waals surface area contributed by atoms with Gasteiger partial charge in [-0.15, -0.1) is 0 Å². The Morgan fingerprint density at radius 1 is 1.40 bits per heavy atom. The van der Waals surface area contributed by atoms with Crippen molar-refractivity contribution >= 4 is 5.91 Å². The smallest absolute Gasteiger partial charge is 0.220 e. The second-order valence-corrected chi connectivity index (χ2v) is 6.40. The summed E-state index contributed by atoms with van der Waals surface area (Å²) in [5, 5.41) is 3.18.